The van der Waals surface area contributed by atoms with E-state index in [2.05, 4.69) is 12.2 Å². The molecule has 3 aliphatic rings. The molecule has 1 unspecified atom stereocenters. The third-order valence-corrected chi connectivity index (χ3v) is 5.38. The van der Waals surface area contributed by atoms with E-state index in [1.165, 1.54) is 25.7 Å². The summed E-state index contributed by atoms with van der Waals surface area (Å²) in [6.07, 6.45) is 7.08. The van der Waals surface area contributed by atoms with Crippen molar-refractivity contribution < 1.29 is 9.53 Å². The van der Waals surface area contributed by atoms with Crippen molar-refractivity contribution >= 4 is 5.91 Å². The summed E-state index contributed by atoms with van der Waals surface area (Å²) in [4.78, 5) is 12.1. The Balaban J connectivity index is 1.99. The number of carbonyl (C=O) groups is 1. The first-order chi connectivity index (χ1) is 7.70. The molecule has 2 spiro atoms. The predicted molar refractivity (Wildman–Crippen MR) is 61.0 cm³/mol. The van der Waals surface area contributed by atoms with Crippen LogP contribution in [0.3, 0.4) is 0 Å². The Morgan fingerprint density at radius 2 is 1.81 bits per heavy atom. The molecule has 3 rings (SSSR count). The molecule has 16 heavy (non-hydrogen) atoms. The molecule has 1 saturated carbocycles. The molecule has 0 radical (unpaired) electrons. The molecule has 1 amide bonds. The molecule has 3 nitrogen and oxygen atoms in total. The topological polar surface area (TPSA) is 38.3 Å². The molecular weight excluding hydrogens is 202 g/mol. The van der Waals surface area contributed by atoms with Crippen LogP contribution in [0, 0.1) is 11.3 Å². The highest BCUT2D eigenvalue weighted by molar-refractivity contribution is 5.83. The highest BCUT2D eigenvalue weighted by Crippen LogP contribution is 2.58. The minimum absolute atomic E-state index is 0.0677. The minimum Gasteiger partial charge on any atom is -0.381 e. The number of rotatable bonds is 0. The Morgan fingerprint density at radius 3 is 2.44 bits per heavy atom. The second-order valence-electron chi connectivity index (χ2n) is 5.77. The van der Waals surface area contributed by atoms with Crippen molar-refractivity contribution in [3.63, 3.8) is 0 Å². The van der Waals surface area contributed by atoms with Crippen LogP contribution >= 0.6 is 0 Å². The van der Waals surface area contributed by atoms with Gasteiger partial charge >= 0.3 is 0 Å². The van der Waals surface area contributed by atoms with Crippen LogP contribution in [0.4, 0.5) is 0 Å². The van der Waals surface area contributed by atoms with E-state index in [9.17, 15) is 4.79 Å². The molecule has 3 fully saturated rings. The van der Waals surface area contributed by atoms with Crippen LogP contribution in [0.25, 0.3) is 0 Å². The standard InChI is InChI=1S/C13H21NO2/c1-10-11(15)14-13(6-8-16-9-7-13)12(10)4-2-3-5-12/h10H,2-9H2,1H3,(H,14,15). The van der Waals surface area contributed by atoms with Crippen molar-refractivity contribution in [3.8, 4) is 0 Å². The lowest BCUT2D eigenvalue weighted by Gasteiger charge is -2.47. The van der Waals surface area contributed by atoms with Gasteiger partial charge in [-0.3, -0.25) is 4.79 Å². The van der Waals surface area contributed by atoms with E-state index < -0.39 is 0 Å². The fourth-order valence-corrected chi connectivity index (χ4v) is 4.39. The smallest absolute Gasteiger partial charge is 0.223 e. The normalized spacial score (nSPS) is 35.8. The zero-order valence-corrected chi connectivity index (χ0v) is 10.1. The minimum atomic E-state index is 0.0677. The lowest BCUT2D eigenvalue weighted by atomic mass is 9.61. The van der Waals surface area contributed by atoms with Crippen molar-refractivity contribution in [1.82, 2.24) is 5.32 Å². The van der Waals surface area contributed by atoms with Crippen LogP contribution in [-0.4, -0.2) is 24.7 Å². The van der Waals surface area contributed by atoms with Gasteiger partial charge < -0.3 is 10.1 Å². The first kappa shape index (κ1) is 10.6. The number of amides is 1. The average Bonchev–Trinajstić information content (AvgIpc) is 2.85. The van der Waals surface area contributed by atoms with Gasteiger partial charge in [0.05, 0.1) is 5.54 Å². The van der Waals surface area contributed by atoms with E-state index in [-0.39, 0.29) is 22.8 Å². The highest BCUT2D eigenvalue weighted by atomic mass is 16.5. The molecule has 2 saturated heterocycles. The number of fused-ring (bicyclic) bond motifs is 1. The van der Waals surface area contributed by atoms with Crippen molar-refractivity contribution in [2.45, 2.75) is 51.0 Å². The van der Waals surface area contributed by atoms with Crippen LogP contribution in [0.15, 0.2) is 0 Å². The number of nitrogens with one attached hydrogen (secondary N) is 1. The summed E-state index contributed by atoms with van der Waals surface area (Å²) in [5, 5.41) is 3.33. The molecule has 0 bridgehead atoms. The highest BCUT2D eigenvalue weighted by Gasteiger charge is 2.62. The Hall–Kier alpha value is -0.570. The van der Waals surface area contributed by atoms with E-state index in [0.29, 0.717) is 0 Å². The van der Waals surface area contributed by atoms with Gasteiger partial charge in [-0.05, 0) is 25.7 Å². The summed E-state index contributed by atoms with van der Waals surface area (Å²) in [5.41, 5.74) is 0.312. The molecule has 0 aromatic heterocycles. The number of carbonyl (C=O) groups excluding carboxylic acids is 1. The van der Waals surface area contributed by atoms with Gasteiger partial charge in [0.1, 0.15) is 0 Å². The van der Waals surface area contributed by atoms with Crippen LogP contribution in [0.5, 0.6) is 0 Å². The summed E-state index contributed by atoms with van der Waals surface area (Å²) >= 11 is 0. The number of hydrogen-bond donors (Lipinski definition) is 1. The van der Waals surface area contributed by atoms with E-state index in [0.717, 1.165) is 26.1 Å². The van der Waals surface area contributed by atoms with Gasteiger partial charge in [-0.25, -0.2) is 0 Å². The summed E-state index contributed by atoms with van der Waals surface area (Å²) < 4.78 is 5.48. The summed E-state index contributed by atoms with van der Waals surface area (Å²) in [6, 6.07) is 0. The first-order valence-corrected chi connectivity index (χ1v) is 6.60. The van der Waals surface area contributed by atoms with Crippen molar-refractivity contribution in [2.24, 2.45) is 11.3 Å². The van der Waals surface area contributed by atoms with Gasteiger partial charge in [0.15, 0.2) is 0 Å². The molecule has 2 aliphatic heterocycles. The van der Waals surface area contributed by atoms with Crippen LogP contribution in [-0.2, 0) is 9.53 Å². The van der Waals surface area contributed by atoms with Crippen molar-refractivity contribution in [2.75, 3.05) is 13.2 Å². The molecular formula is C13H21NO2. The molecule has 1 aliphatic carbocycles. The van der Waals surface area contributed by atoms with Crippen molar-refractivity contribution in [3.05, 3.63) is 0 Å². The predicted octanol–water partition coefficient (Wildman–Crippen LogP) is 1.86. The maximum atomic E-state index is 12.1. The van der Waals surface area contributed by atoms with Crippen LogP contribution < -0.4 is 5.32 Å². The van der Waals surface area contributed by atoms with E-state index in [1.807, 2.05) is 0 Å². The van der Waals surface area contributed by atoms with Gasteiger partial charge in [0.2, 0.25) is 5.91 Å². The zero-order chi connectivity index (χ0) is 11.2. The lowest BCUT2D eigenvalue weighted by Crippen LogP contribution is -2.55. The summed E-state index contributed by atoms with van der Waals surface area (Å²) in [6.45, 7) is 3.76. The summed E-state index contributed by atoms with van der Waals surface area (Å²) in [7, 11) is 0. The van der Waals surface area contributed by atoms with Gasteiger partial charge in [-0.2, -0.15) is 0 Å². The van der Waals surface area contributed by atoms with Crippen LogP contribution in [0.2, 0.25) is 0 Å². The van der Waals surface area contributed by atoms with Crippen molar-refractivity contribution in [1.29, 1.82) is 0 Å². The average molecular weight is 223 g/mol. The van der Waals surface area contributed by atoms with Gasteiger partial charge in [-0.15, -0.1) is 0 Å². The van der Waals surface area contributed by atoms with E-state index in [1.54, 1.807) is 0 Å². The molecule has 90 valence electrons. The third-order valence-electron chi connectivity index (χ3n) is 5.38. The largest absolute Gasteiger partial charge is 0.381 e. The van der Waals surface area contributed by atoms with Gasteiger partial charge in [0, 0.05) is 24.5 Å². The SMILES string of the molecule is CC1C(=O)NC2(CCOCC2)C12CCCC2. The second-order valence-corrected chi connectivity index (χ2v) is 5.77. The number of ether oxygens (including phenoxy) is 1. The van der Waals surface area contributed by atoms with E-state index >= 15 is 0 Å². The van der Waals surface area contributed by atoms with Crippen LogP contribution in [0.1, 0.15) is 45.4 Å². The van der Waals surface area contributed by atoms with Gasteiger partial charge in [0.25, 0.3) is 0 Å². The maximum Gasteiger partial charge on any atom is 0.223 e. The van der Waals surface area contributed by atoms with E-state index in [4.69, 9.17) is 4.74 Å². The molecule has 0 aromatic rings. The second kappa shape index (κ2) is 3.46. The fourth-order valence-electron chi connectivity index (χ4n) is 4.39. The quantitative estimate of drug-likeness (QED) is 0.680. The van der Waals surface area contributed by atoms with Gasteiger partial charge in [-0.1, -0.05) is 19.8 Å². The number of hydrogen-bond acceptors (Lipinski definition) is 2. The molecule has 2 heterocycles. The molecule has 0 aromatic carbocycles. The Bertz CT molecular complexity index is 301. The summed E-state index contributed by atoms with van der Waals surface area (Å²) in [5.74, 6) is 0.483. The Kier molecular flexibility index (Phi) is 2.29. The Morgan fingerprint density at radius 1 is 1.19 bits per heavy atom. The third kappa shape index (κ3) is 1.15. The molecule has 1 N–H and O–H groups in total. The maximum absolute atomic E-state index is 12.1. The fraction of sp³-hybridized carbons (Fsp3) is 0.923. The monoisotopic (exact) mass is 223 g/mol. The first-order valence-electron chi connectivity index (χ1n) is 6.60. The Labute approximate surface area is 96.9 Å². The molecule has 1 atom stereocenters. The zero-order valence-electron chi connectivity index (χ0n) is 10.1. The molecule has 3 heteroatoms. The lowest BCUT2D eigenvalue weighted by molar-refractivity contribution is -0.123.